The minimum atomic E-state index is -1.01. The molecule has 0 unspecified atom stereocenters. The SMILES string of the molecule is N[C@H](C(=O)O)[C@H](c1ccccc1)c1c[nH]c2ccccc12. The molecular formula is C17H16N2O2. The fourth-order valence-electron chi connectivity index (χ4n) is 2.73. The number of para-hydroxylation sites is 1. The molecule has 0 aliphatic heterocycles. The van der Waals surface area contributed by atoms with Gasteiger partial charge in [0, 0.05) is 23.0 Å². The van der Waals surface area contributed by atoms with Crippen molar-refractivity contribution in [3.05, 3.63) is 71.9 Å². The summed E-state index contributed by atoms with van der Waals surface area (Å²) in [5.74, 6) is -1.39. The molecule has 0 radical (unpaired) electrons. The zero-order chi connectivity index (χ0) is 14.8. The third kappa shape index (κ3) is 2.41. The lowest BCUT2D eigenvalue weighted by Gasteiger charge is -2.21. The molecule has 4 N–H and O–H groups in total. The molecule has 0 aliphatic carbocycles. The van der Waals surface area contributed by atoms with Gasteiger partial charge in [0.25, 0.3) is 0 Å². The monoisotopic (exact) mass is 280 g/mol. The standard InChI is InChI=1S/C17H16N2O2/c18-16(17(20)21)15(11-6-2-1-3-7-11)13-10-19-14-9-5-4-8-12(13)14/h1-10,15-16,19H,18H2,(H,20,21)/t15-,16+/m1/s1. The van der Waals surface area contributed by atoms with Gasteiger partial charge in [0.2, 0.25) is 0 Å². The average Bonchev–Trinajstić information content (AvgIpc) is 2.93. The van der Waals surface area contributed by atoms with E-state index in [1.807, 2.05) is 60.8 Å². The van der Waals surface area contributed by atoms with E-state index in [1.54, 1.807) is 0 Å². The van der Waals surface area contributed by atoms with Crippen molar-refractivity contribution in [2.75, 3.05) is 0 Å². The smallest absolute Gasteiger partial charge is 0.321 e. The Bertz CT molecular complexity index is 765. The fraction of sp³-hybridized carbons (Fsp3) is 0.118. The minimum absolute atomic E-state index is 0.389. The molecule has 4 heteroatoms. The summed E-state index contributed by atoms with van der Waals surface area (Å²) in [5.41, 5.74) is 8.75. The van der Waals surface area contributed by atoms with Crippen molar-refractivity contribution in [1.82, 2.24) is 4.98 Å². The maximum atomic E-state index is 11.4. The second kappa shape index (κ2) is 5.42. The quantitative estimate of drug-likeness (QED) is 0.687. The summed E-state index contributed by atoms with van der Waals surface area (Å²) < 4.78 is 0. The Morgan fingerprint density at radius 3 is 2.43 bits per heavy atom. The highest BCUT2D eigenvalue weighted by Crippen LogP contribution is 2.32. The maximum absolute atomic E-state index is 11.4. The first kappa shape index (κ1) is 13.4. The number of aromatic amines is 1. The van der Waals surface area contributed by atoms with Crippen LogP contribution in [-0.2, 0) is 4.79 Å². The maximum Gasteiger partial charge on any atom is 0.321 e. The molecule has 2 atom stereocenters. The normalized spacial score (nSPS) is 14.0. The Morgan fingerprint density at radius 2 is 1.71 bits per heavy atom. The highest BCUT2D eigenvalue weighted by Gasteiger charge is 2.29. The van der Waals surface area contributed by atoms with E-state index in [9.17, 15) is 9.90 Å². The second-order valence-electron chi connectivity index (χ2n) is 5.04. The van der Waals surface area contributed by atoms with Crippen molar-refractivity contribution < 1.29 is 9.90 Å². The van der Waals surface area contributed by atoms with Crippen LogP contribution < -0.4 is 5.73 Å². The molecule has 0 saturated carbocycles. The molecule has 0 spiro atoms. The van der Waals surface area contributed by atoms with E-state index in [0.717, 1.165) is 22.0 Å². The number of hydrogen-bond donors (Lipinski definition) is 3. The number of H-pyrrole nitrogens is 1. The predicted octanol–water partition coefficient (Wildman–Crippen LogP) is 2.71. The minimum Gasteiger partial charge on any atom is -0.480 e. The molecule has 0 amide bonds. The van der Waals surface area contributed by atoms with E-state index in [2.05, 4.69) is 4.98 Å². The largest absolute Gasteiger partial charge is 0.480 e. The second-order valence-corrected chi connectivity index (χ2v) is 5.04. The van der Waals surface area contributed by atoms with Gasteiger partial charge in [0.1, 0.15) is 6.04 Å². The molecule has 0 aliphatic rings. The Morgan fingerprint density at radius 1 is 1.05 bits per heavy atom. The first-order valence-corrected chi connectivity index (χ1v) is 6.78. The van der Waals surface area contributed by atoms with Crippen LogP contribution >= 0.6 is 0 Å². The molecule has 1 heterocycles. The molecule has 2 aromatic carbocycles. The van der Waals surface area contributed by atoms with Gasteiger partial charge in [-0.2, -0.15) is 0 Å². The molecule has 106 valence electrons. The van der Waals surface area contributed by atoms with Crippen LogP contribution in [0.15, 0.2) is 60.8 Å². The summed E-state index contributed by atoms with van der Waals surface area (Å²) in [6, 6.07) is 16.3. The number of aromatic nitrogens is 1. The van der Waals surface area contributed by atoms with E-state index in [0.29, 0.717) is 0 Å². The summed E-state index contributed by atoms with van der Waals surface area (Å²) in [6.45, 7) is 0. The number of carbonyl (C=O) groups is 1. The van der Waals surface area contributed by atoms with E-state index >= 15 is 0 Å². The molecular weight excluding hydrogens is 264 g/mol. The van der Waals surface area contributed by atoms with Crippen LogP contribution in [0.3, 0.4) is 0 Å². The van der Waals surface area contributed by atoms with Gasteiger partial charge >= 0.3 is 5.97 Å². The molecule has 1 aromatic heterocycles. The molecule has 3 rings (SSSR count). The Hall–Kier alpha value is -2.59. The van der Waals surface area contributed by atoms with Gasteiger partial charge in [-0.25, -0.2) is 0 Å². The highest BCUT2D eigenvalue weighted by molar-refractivity contribution is 5.86. The van der Waals surface area contributed by atoms with E-state index in [-0.39, 0.29) is 5.92 Å². The van der Waals surface area contributed by atoms with Gasteiger partial charge in [-0.15, -0.1) is 0 Å². The van der Waals surface area contributed by atoms with E-state index in [1.165, 1.54) is 0 Å². The van der Waals surface area contributed by atoms with Gasteiger partial charge in [-0.3, -0.25) is 4.79 Å². The lowest BCUT2D eigenvalue weighted by molar-refractivity contribution is -0.138. The van der Waals surface area contributed by atoms with Crippen LogP contribution in [0.25, 0.3) is 10.9 Å². The molecule has 4 nitrogen and oxygen atoms in total. The zero-order valence-electron chi connectivity index (χ0n) is 11.4. The molecule has 0 bridgehead atoms. The van der Waals surface area contributed by atoms with Gasteiger partial charge in [-0.1, -0.05) is 48.5 Å². The van der Waals surface area contributed by atoms with E-state index < -0.39 is 12.0 Å². The lowest BCUT2D eigenvalue weighted by Crippen LogP contribution is -2.37. The average molecular weight is 280 g/mol. The zero-order valence-corrected chi connectivity index (χ0v) is 11.4. The summed E-state index contributed by atoms with van der Waals surface area (Å²) in [5, 5.41) is 10.4. The molecule has 3 aromatic rings. The summed E-state index contributed by atoms with van der Waals surface area (Å²) in [7, 11) is 0. The molecule has 0 fully saturated rings. The number of benzene rings is 2. The van der Waals surface area contributed by atoms with Crippen molar-refractivity contribution in [3.63, 3.8) is 0 Å². The highest BCUT2D eigenvalue weighted by atomic mass is 16.4. The number of nitrogens with one attached hydrogen (secondary N) is 1. The molecule has 0 saturated heterocycles. The van der Waals surface area contributed by atoms with Crippen molar-refractivity contribution in [3.8, 4) is 0 Å². The van der Waals surface area contributed by atoms with Crippen molar-refractivity contribution >= 4 is 16.9 Å². The van der Waals surface area contributed by atoms with Crippen molar-refractivity contribution in [1.29, 1.82) is 0 Å². The Labute approximate surface area is 122 Å². The Balaban J connectivity index is 2.18. The topological polar surface area (TPSA) is 79.1 Å². The predicted molar refractivity (Wildman–Crippen MR) is 82.2 cm³/mol. The fourth-order valence-corrected chi connectivity index (χ4v) is 2.73. The van der Waals surface area contributed by atoms with Gasteiger partial charge in [-0.05, 0) is 17.2 Å². The van der Waals surface area contributed by atoms with Gasteiger partial charge in [0.05, 0.1) is 0 Å². The Kier molecular flexibility index (Phi) is 3.46. The number of carboxylic acid groups (broad SMARTS) is 1. The number of fused-ring (bicyclic) bond motifs is 1. The number of carboxylic acids is 1. The summed E-state index contributed by atoms with van der Waals surface area (Å²) >= 11 is 0. The van der Waals surface area contributed by atoms with Crippen LogP contribution in [0.1, 0.15) is 17.0 Å². The third-order valence-electron chi connectivity index (χ3n) is 3.76. The van der Waals surface area contributed by atoms with Crippen molar-refractivity contribution in [2.45, 2.75) is 12.0 Å². The van der Waals surface area contributed by atoms with Crippen molar-refractivity contribution in [2.24, 2.45) is 5.73 Å². The van der Waals surface area contributed by atoms with E-state index in [4.69, 9.17) is 5.73 Å². The van der Waals surface area contributed by atoms with Crippen LogP contribution in [0, 0.1) is 0 Å². The first-order valence-electron chi connectivity index (χ1n) is 6.78. The van der Waals surface area contributed by atoms with Crippen LogP contribution in [0.2, 0.25) is 0 Å². The number of aliphatic carboxylic acids is 1. The van der Waals surface area contributed by atoms with Gasteiger partial charge < -0.3 is 15.8 Å². The number of nitrogens with two attached hydrogens (primary N) is 1. The van der Waals surface area contributed by atoms with Gasteiger partial charge in [0.15, 0.2) is 0 Å². The summed E-state index contributed by atoms with van der Waals surface area (Å²) in [4.78, 5) is 14.6. The van der Waals surface area contributed by atoms with Crippen LogP contribution in [0.4, 0.5) is 0 Å². The molecule has 21 heavy (non-hydrogen) atoms. The third-order valence-corrected chi connectivity index (χ3v) is 3.76. The number of rotatable bonds is 4. The summed E-state index contributed by atoms with van der Waals surface area (Å²) in [6.07, 6.45) is 1.85. The van der Waals surface area contributed by atoms with Crippen LogP contribution in [-0.4, -0.2) is 22.1 Å². The van der Waals surface area contributed by atoms with Crippen LogP contribution in [0.5, 0.6) is 0 Å². The lowest BCUT2D eigenvalue weighted by atomic mass is 9.85. The first-order chi connectivity index (χ1) is 10.2. The number of hydrogen-bond acceptors (Lipinski definition) is 2.